The summed E-state index contributed by atoms with van der Waals surface area (Å²) in [5.74, 6) is -2.23. The van der Waals surface area contributed by atoms with Gasteiger partial charge >= 0.3 is 0 Å². The number of halogens is 3. The monoisotopic (exact) mass is 363 g/mol. The minimum absolute atomic E-state index is 0.000146. The van der Waals surface area contributed by atoms with E-state index < -0.39 is 5.92 Å². The summed E-state index contributed by atoms with van der Waals surface area (Å²) in [4.78, 5) is 0. The molecule has 1 N–H and O–H groups in total. The van der Waals surface area contributed by atoms with Crippen molar-refractivity contribution in [3.63, 3.8) is 0 Å². The largest absolute Gasteiger partial charge is 0.308 e. The fraction of sp³-hybridized carbons (Fsp3) is 0.800. The van der Waals surface area contributed by atoms with Crippen molar-refractivity contribution in [3.05, 3.63) is 16.4 Å². The summed E-state index contributed by atoms with van der Waals surface area (Å²) in [7, 11) is 0. The Labute approximate surface area is 133 Å². The Hall–Kier alpha value is -0.490. The van der Waals surface area contributed by atoms with Gasteiger partial charge in [0.2, 0.25) is 5.92 Å². The Balaban J connectivity index is 2.20. The maximum Gasteiger partial charge on any atom is 0.248 e. The molecule has 3 nitrogen and oxygen atoms in total. The van der Waals surface area contributed by atoms with Gasteiger partial charge in [-0.05, 0) is 54.6 Å². The van der Waals surface area contributed by atoms with Gasteiger partial charge in [0.05, 0.1) is 22.4 Å². The normalized spacial score (nSPS) is 20.6. The summed E-state index contributed by atoms with van der Waals surface area (Å²) in [6, 6.07) is 0.0953. The van der Waals surface area contributed by atoms with Crippen LogP contribution in [-0.2, 0) is 6.54 Å². The smallest absolute Gasteiger partial charge is 0.248 e. The van der Waals surface area contributed by atoms with Crippen LogP contribution in [0.3, 0.4) is 0 Å². The van der Waals surface area contributed by atoms with E-state index in [0.29, 0.717) is 12.8 Å². The lowest BCUT2D eigenvalue weighted by Gasteiger charge is -2.34. The van der Waals surface area contributed by atoms with Crippen molar-refractivity contribution in [2.45, 2.75) is 64.5 Å². The Morgan fingerprint density at radius 1 is 1.43 bits per heavy atom. The van der Waals surface area contributed by atoms with E-state index in [2.05, 4.69) is 40.2 Å². The SMILES string of the molecule is CCCNC(c1c(Br)cnn1CC)C1CCC(F)(F)CC1. The molecule has 21 heavy (non-hydrogen) atoms. The number of nitrogens with one attached hydrogen (secondary N) is 1. The van der Waals surface area contributed by atoms with Crippen LogP contribution in [0.25, 0.3) is 0 Å². The highest BCUT2D eigenvalue weighted by Gasteiger charge is 2.39. The highest BCUT2D eigenvalue weighted by Crippen LogP contribution is 2.42. The van der Waals surface area contributed by atoms with Crippen molar-refractivity contribution in [1.82, 2.24) is 15.1 Å². The van der Waals surface area contributed by atoms with E-state index in [0.717, 1.165) is 29.7 Å². The first kappa shape index (κ1) is 16.9. The van der Waals surface area contributed by atoms with Crippen LogP contribution < -0.4 is 5.32 Å². The van der Waals surface area contributed by atoms with Gasteiger partial charge in [0, 0.05) is 19.4 Å². The Bertz CT molecular complexity index is 452. The molecule has 1 aromatic rings. The average Bonchev–Trinajstić information content (AvgIpc) is 2.82. The van der Waals surface area contributed by atoms with Crippen LogP contribution in [0.1, 0.15) is 57.7 Å². The topological polar surface area (TPSA) is 29.9 Å². The maximum absolute atomic E-state index is 13.4. The molecule has 0 bridgehead atoms. The van der Waals surface area contributed by atoms with Crippen molar-refractivity contribution >= 4 is 15.9 Å². The molecule has 0 aromatic carbocycles. The van der Waals surface area contributed by atoms with Gasteiger partial charge in [-0.15, -0.1) is 0 Å². The summed E-state index contributed by atoms with van der Waals surface area (Å²) in [6.45, 7) is 5.84. The molecular weight excluding hydrogens is 340 g/mol. The van der Waals surface area contributed by atoms with Gasteiger partial charge in [-0.3, -0.25) is 4.68 Å². The molecule has 6 heteroatoms. The number of hydrogen-bond acceptors (Lipinski definition) is 2. The van der Waals surface area contributed by atoms with Gasteiger partial charge in [-0.25, -0.2) is 8.78 Å². The zero-order valence-electron chi connectivity index (χ0n) is 12.7. The van der Waals surface area contributed by atoms with E-state index in [-0.39, 0.29) is 24.8 Å². The standard InChI is InChI=1S/C15H24BrF2N3/c1-3-9-19-13(11-5-7-15(17,18)8-6-11)14-12(16)10-20-21(14)4-2/h10-11,13,19H,3-9H2,1-2H3. The van der Waals surface area contributed by atoms with Crippen LogP contribution in [0, 0.1) is 5.92 Å². The van der Waals surface area contributed by atoms with E-state index in [1.165, 1.54) is 0 Å². The van der Waals surface area contributed by atoms with Gasteiger partial charge in [0.25, 0.3) is 0 Å². The maximum atomic E-state index is 13.4. The van der Waals surface area contributed by atoms with Crippen LogP contribution in [0.4, 0.5) is 8.78 Å². The molecule has 1 heterocycles. The highest BCUT2D eigenvalue weighted by molar-refractivity contribution is 9.10. The van der Waals surface area contributed by atoms with Crippen molar-refractivity contribution < 1.29 is 8.78 Å². The number of rotatable bonds is 6. The quantitative estimate of drug-likeness (QED) is 0.804. The molecule has 120 valence electrons. The third-order valence-corrected chi connectivity index (χ3v) is 4.89. The number of alkyl halides is 2. The van der Waals surface area contributed by atoms with Crippen molar-refractivity contribution in [2.75, 3.05) is 6.54 Å². The molecule has 1 aliphatic carbocycles. The molecule has 2 rings (SSSR count). The molecule has 0 saturated heterocycles. The van der Waals surface area contributed by atoms with E-state index in [4.69, 9.17) is 0 Å². The second-order valence-electron chi connectivity index (χ2n) is 5.82. The first-order valence-electron chi connectivity index (χ1n) is 7.81. The predicted octanol–water partition coefficient (Wildman–Crippen LogP) is 4.53. The lowest BCUT2D eigenvalue weighted by molar-refractivity contribution is -0.0500. The molecule has 0 radical (unpaired) electrons. The third kappa shape index (κ3) is 4.03. The lowest BCUT2D eigenvalue weighted by atomic mass is 9.81. The molecule has 1 aromatic heterocycles. The molecule has 1 unspecified atom stereocenters. The predicted molar refractivity (Wildman–Crippen MR) is 83.5 cm³/mol. The third-order valence-electron chi connectivity index (χ3n) is 4.27. The fourth-order valence-corrected chi connectivity index (χ4v) is 3.66. The van der Waals surface area contributed by atoms with Gasteiger partial charge in [0.15, 0.2) is 0 Å². The van der Waals surface area contributed by atoms with Gasteiger partial charge in [0.1, 0.15) is 0 Å². The van der Waals surface area contributed by atoms with Crippen molar-refractivity contribution in [3.8, 4) is 0 Å². The zero-order chi connectivity index (χ0) is 15.5. The summed E-state index contributed by atoms with van der Waals surface area (Å²) in [5.41, 5.74) is 1.10. The summed E-state index contributed by atoms with van der Waals surface area (Å²) >= 11 is 3.57. The first-order chi connectivity index (χ1) is 9.98. The molecule has 1 saturated carbocycles. The minimum atomic E-state index is -2.48. The Morgan fingerprint density at radius 2 is 2.10 bits per heavy atom. The van der Waals surface area contributed by atoms with Crippen molar-refractivity contribution in [2.24, 2.45) is 5.92 Å². The second-order valence-corrected chi connectivity index (χ2v) is 6.67. The van der Waals surface area contributed by atoms with Crippen molar-refractivity contribution in [1.29, 1.82) is 0 Å². The van der Waals surface area contributed by atoms with Gasteiger partial charge in [-0.1, -0.05) is 6.92 Å². The van der Waals surface area contributed by atoms with E-state index in [1.54, 1.807) is 6.20 Å². The Morgan fingerprint density at radius 3 is 2.67 bits per heavy atom. The number of nitrogens with zero attached hydrogens (tertiary/aromatic N) is 2. The number of aryl methyl sites for hydroxylation is 1. The van der Waals surface area contributed by atoms with E-state index in [9.17, 15) is 8.78 Å². The van der Waals surface area contributed by atoms with Crippen LogP contribution in [0.15, 0.2) is 10.7 Å². The lowest BCUT2D eigenvalue weighted by Crippen LogP contribution is -2.35. The molecule has 0 amide bonds. The number of aromatic nitrogens is 2. The van der Waals surface area contributed by atoms with Gasteiger partial charge in [-0.2, -0.15) is 5.10 Å². The summed E-state index contributed by atoms with van der Waals surface area (Å²) in [5, 5.41) is 7.92. The minimum Gasteiger partial charge on any atom is -0.308 e. The molecule has 0 spiro atoms. The van der Waals surface area contributed by atoms with E-state index in [1.807, 2.05) is 4.68 Å². The van der Waals surface area contributed by atoms with Crippen LogP contribution in [0.2, 0.25) is 0 Å². The van der Waals surface area contributed by atoms with E-state index >= 15 is 0 Å². The summed E-state index contributed by atoms with van der Waals surface area (Å²) in [6.07, 6.45) is 3.96. The zero-order valence-corrected chi connectivity index (χ0v) is 14.3. The highest BCUT2D eigenvalue weighted by atomic mass is 79.9. The van der Waals surface area contributed by atoms with Crippen LogP contribution in [0.5, 0.6) is 0 Å². The molecule has 1 aliphatic rings. The average molecular weight is 364 g/mol. The molecular formula is C15H24BrF2N3. The molecule has 1 fully saturated rings. The second kappa shape index (κ2) is 7.18. The Kier molecular flexibility index (Phi) is 5.77. The summed E-state index contributed by atoms with van der Waals surface area (Å²) < 4.78 is 29.8. The fourth-order valence-electron chi connectivity index (χ4n) is 3.12. The van der Waals surface area contributed by atoms with Crippen LogP contribution >= 0.6 is 15.9 Å². The molecule has 0 aliphatic heterocycles. The first-order valence-corrected chi connectivity index (χ1v) is 8.60. The molecule has 1 atom stereocenters. The van der Waals surface area contributed by atoms with Crippen LogP contribution in [-0.4, -0.2) is 22.2 Å². The van der Waals surface area contributed by atoms with Gasteiger partial charge < -0.3 is 5.32 Å². The number of hydrogen-bond donors (Lipinski definition) is 1.